The molecule has 0 saturated carbocycles. The number of benzene rings is 1. The number of carbonyl (C=O) groups excluding carboxylic acids is 1. The Morgan fingerprint density at radius 3 is 2.18 bits per heavy atom. The summed E-state index contributed by atoms with van der Waals surface area (Å²) in [7, 11) is 0. The van der Waals surface area contributed by atoms with Crippen LogP contribution in [0, 0.1) is 23.5 Å². The van der Waals surface area contributed by atoms with Gasteiger partial charge in [-0.25, -0.2) is 13.6 Å². The fourth-order valence-electron chi connectivity index (χ4n) is 2.59. The van der Waals surface area contributed by atoms with Gasteiger partial charge in [0, 0.05) is 31.6 Å². The number of nitrogens with one attached hydrogen (secondary N) is 3. The van der Waals surface area contributed by atoms with Crippen LogP contribution in [-0.2, 0) is 11.2 Å². The number of aliphatic hydroxyl groups is 1. The van der Waals surface area contributed by atoms with Crippen LogP contribution < -0.4 is 16.0 Å². The van der Waals surface area contributed by atoms with Crippen molar-refractivity contribution in [2.75, 3.05) is 19.6 Å². The molecule has 0 aliphatic heterocycles. The van der Waals surface area contributed by atoms with E-state index in [-0.39, 0.29) is 36.9 Å². The maximum absolute atomic E-state index is 13.3. The third-order valence-corrected chi connectivity index (χ3v) is 4.09. The number of hydrogen-bond donors (Lipinski definition) is 5. The maximum Gasteiger partial charge on any atom is 0.404 e. The lowest BCUT2D eigenvalue weighted by Gasteiger charge is -2.24. The summed E-state index contributed by atoms with van der Waals surface area (Å²) in [5, 5.41) is 27.2. The van der Waals surface area contributed by atoms with Gasteiger partial charge in [-0.05, 0) is 30.0 Å². The van der Waals surface area contributed by atoms with Gasteiger partial charge in [-0.15, -0.1) is 0 Å². The molecule has 3 unspecified atom stereocenters. The minimum Gasteiger partial charge on any atom is -0.465 e. The molecule has 9 heteroatoms. The molecule has 3 atom stereocenters. The highest BCUT2D eigenvalue weighted by Gasteiger charge is 2.23. The number of carboxylic acid groups (broad SMARTS) is 1. The van der Waals surface area contributed by atoms with Crippen molar-refractivity contribution in [2.45, 2.75) is 39.3 Å². The number of rotatable bonds is 11. The number of amides is 2. The Balaban J connectivity index is 2.58. The van der Waals surface area contributed by atoms with Gasteiger partial charge in [-0.2, -0.15) is 0 Å². The largest absolute Gasteiger partial charge is 0.465 e. The van der Waals surface area contributed by atoms with E-state index in [0.29, 0.717) is 18.5 Å². The fourth-order valence-corrected chi connectivity index (χ4v) is 2.59. The fraction of sp³-hybridized carbons (Fsp3) is 0.579. The lowest BCUT2D eigenvalue weighted by Crippen LogP contribution is -2.49. The summed E-state index contributed by atoms with van der Waals surface area (Å²) in [5.41, 5.74) is 0.219. The van der Waals surface area contributed by atoms with E-state index in [4.69, 9.17) is 5.11 Å². The van der Waals surface area contributed by atoms with Crippen molar-refractivity contribution in [3.05, 3.63) is 35.4 Å². The molecule has 1 rings (SSSR count). The van der Waals surface area contributed by atoms with E-state index in [1.165, 1.54) is 0 Å². The van der Waals surface area contributed by atoms with E-state index in [0.717, 1.165) is 12.1 Å². The second-order valence-electron chi connectivity index (χ2n) is 7.30. The molecular formula is C19H29F2N3O4. The van der Waals surface area contributed by atoms with Gasteiger partial charge in [0.2, 0.25) is 5.91 Å². The van der Waals surface area contributed by atoms with Gasteiger partial charge in [-0.3, -0.25) is 4.79 Å². The Hall–Kier alpha value is -2.26. The van der Waals surface area contributed by atoms with Gasteiger partial charge in [0.1, 0.15) is 11.6 Å². The number of halogens is 2. The third kappa shape index (κ3) is 9.09. The van der Waals surface area contributed by atoms with Crippen molar-refractivity contribution >= 4 is 12.0 Å². The Labute approximate surface area is 163 Å². The van der Waals surface area contributed by atoms with Crippen LogP contribution in [0.25, 0.3) is 0 Å². The van der Waals surface area contributed by atoms with Crippen molar-refractivity contribution in [3.8, 4) is 0 Å². The smallest absolute Gasteiger partial charge is 0.404 e. The standard InChI is InChI=1S/C19H29F2N3O4/c1-11(2)8-23-18(26)12(3)9-22-10-17(25)16(24-19(27)28)6-13-4-14(20)7-15(21)5-13/h4-5,7,11-12,16-17,22,24-25H,6,8-10H2,1-3H3,(H,23,26)(H,27,28). The Kier molecular flexibility index (Phi) is 9.81. The lowest BCUT2D eigenvalue weighted by atomic mass is 10.0. The molecule has 1 aromatic carbocycles. The van der Waals surface area contributed by atoms with Crippen LogP contribution in [0.5, 0.6) is 0 Å². The Morgan fingerprint density at radius 2 is 1.64 bits per heavy atom. The predicted octanol–water partition coefficient (Wildman–Crippen LogP) is 1.50. The summed E-state index contributed by atoms with van der Waals surface area (Å²) in [6, 6.07) is 1.91. The van der Waals surface area contributed by atoms with Crippen LogP contribution in [0.2, 0.25) is 0 Å². The molecule has 158 valence electrons. The van der Waals surface area contributed by atoms with Crippen LogP contribution in [0.4, 0.5) is 13.6 Å². The molecule has 0 bridgehead atoms. The van der Waals surface area contributed by atoms with Crippen molar-refractivity contribution in [1.29, 1.82) is 0 Å². The van der Waals surface area contributed by atoms with Gasteiger partial charge in [0.05, 0.1) is 12.1 Å². The highest BCUT2D eigenvalue weighted by atomic mass is 19.1. The first-order valence-corrected chi connectivity index (χ1v) is 9.19. The van der Waals surface area contributed by atoms with E-state index >= 15 is 0 Å². The first-order valence-electron chi connectivity index (χ1n) is 9.19. The summed E-state index contributed by atoms with van der Waals surface area (Å²) in [5.74, 6) is -1.68. The van der Waals surface area contributed by atoms with Crippen molar-refractivity contribution in [1.82, 2.24) is 16.0 Å². The molecule has 28 heavy (non-hydrogen) atoms. The summed E-state index contributed by atoms with van der Waals surface area (Å²) in [6.45, 7) is 6.57. The average Bonchev–Trinajstić information content (AvgIpc) is 2.57. The van der Waals surface area contributed by atoms with Crippen LogP contribution in [0.3, 0.4) is 0 Å². The van der Waals surface area contributed by atoms with E-state index in [1.807, 2.05) is 13.8 Å². The van der Waals surface area contributed by atoms with E-state index in [2.05, 4.69) is 16.0 Å². The van der Waals surface area contributed by atoms with Gasteiger partial charge < -0.3 is 26.2 Å². The second kappa shape index (κ2) is 11.6. The first kappa shape index (κ1) is 23.8. The molecule has 1 aromatic rings. The molecule has 0 heterocycles. The predicted molar refractivity (Wildman–Crippen MR) is 101 cm³/mol. The Bertz CT molecular complexity index is 638. The summed E-state index contributed by atoms with van der Waals surface area (Å²) in [4.78, 5) is 22.9. The molecule has 0 aliphatic carbocycles. The summed E-state index contributed by atoms with van der Waals surface area (Å²) >= 11 is 0. The van der Waals surface area contributed by atoms with E-state index < -0.39 is 29.9 Å². The molecule has 0 fully saturated rings. The molecular weight excluding hydrogens is 372 g/mol. The van der Waals surface area contributed by atoms with Gasteiger partial charge in [-0.1, -0.05) is 20.8 Å². The minimum atomic E-state index is -1.36. The van der Waals surface area contributed by atoms with Gasteiger partial charge in [0.25, 0.3) is 0 Å². The van der Waals surface area contributed by atoms with E-state index in [1.54, 1.807) is 6.92 Å². The van der Waals surface area contributed by atoms with Crippen LogP contribution in [-0.4, -0.2) is 54.0 Å². The zero-order valence-electron chi connectivity index (χ0n) is 16.3. The normalized spacial score (nSPS) is 14.4. The van der Waals surface area contributed by atoms with Crippen LogP contribution in [0.15, 0.2) is 18.2 Å². The average molecular weight is 401 g/mol. The highest BCUT2D eigenvalue weighted by Crippen LogP contribution is 2.12. The molecule has 0 spiro atoms. The molecule has 0 aromatic heterocycles. The van der Waals surface area contributed by atoms with Crippen LogP contribution >= 0.6 is 0 Å². The van der Waals surface area contributed by atoms with Gasteiger partial charge in [0.15, 0.2) is 0 Å². The van der Waals surface area contributed by atoms with Gasteiger partial charge >= 0.3 is 6.09 Å². The van der Waals surface area contributed by atoms with Crippen molar-refractivity contribution in [3.63, 3.8) is 0 Å². The summed E-state index contributed by atoms with van der Waals surface area (Å²) < 4.78 is 26.7. The van der Waals surface area contributed by atoms with Crippen molar-refractivity contribution in [2.24, 2.45) is 11.8 Å². The van der Waals surface area contributed by atoms with Crippen LogP contribution in [0.1, 0.15) is 26.3 Å². The quantitative estimate of drug-likeness (QED) is 0.386. The molecule has 7 nitrogen and oxygen atoms in total. The monoisotopic (exact) mass is 401 g/mol. The molecule has 0 saturated heterocycles. The minimum absolute atomic E-state index is 0.00451. The maximum atomic E-state index is 13.3. The first-order chi connectivity index (χ1) is 13.1. The zero-order chi connectivity index (χ0) is 21.3. The lowest BCUT2D eigenvalue weighted by molar-refractivity contribution is -0.124. The second-order valence-corrected chi connectivity index (χ2v) is 7.30. The summed E-state index contributed by atoms with van der Waals surface area (Å²) in [6.07, 6.45) is -2.61. The molecule has 2 amide bonds. The zero-order valence-corrected chi connectivity index (χ0v) is 16.3. The number of carbonyl (C=O) groups is 2. The molecule has 0 radical (unpaired) electrons. The highest BCUT2D eigenvalue weighted by molar-refractivity contribution is 5.78. The SMILES string of the molecule is CC(C)CNC(=O)C(C)CNCC(O)C(Cc1cc(F)cc(F)c1)NC(=O)O. The number of aliphatic hydroxyl groups excluding tert-OH is 1. The topological polar surface area (TPSA) is 111 Å². The Morgan fingerprint density at radius 1 is 1.04 bits per heavy atom. The van der Waals surface area contributed by atoms with Crippen molar-refractivity contribution < 1.29 is 28.6 Å². The number of hydrogen-bond acceptors (Lipinski definition) is 4. The molecule has 5 N–H and O–H groups in total. The van der Waals surface area contributed by atoms with E-state index in [9.17, 15) is 23.5 Å². The molecule has 0 aliphatic rings. The third-order valence-electron chi connectivity index (χ3n) is 4.09.